The highest BCUT2D eigenvalue weighted by Gasteiger charge is 2.39. The minimum atomic E-state index is 0.238. The average Bonchev–Trinajstić information content (AvgIpc) is 3.08. The molecule has 3 heteroatoms. The van der Waals surface area contributed by atoms with E-state index in [1.54, 1.807) is 0 Å². The van der Waals surface area contributed by atoms with Crippen molar-refractivity contribution in [2.24, 2.45) is 17.6 Å². The Morgan fingerprint density at radius 3 is 2.44 bits per heavy atom. The molecule has 3 rings (SSSR count). The summed E-state index contributed by atoms with van der Waals surface area (Å²) in [4.78, 5) is 14.9. The summed E-state index contributed by atoms with van der Waals surface area (Å²) < 4.78 is 0. The molecule has 2 N–H and O–H groups in total. The molecule has 2 saturated carbocycles. The summed E-state index contributed by atoms with van der Waals surface area (Å²) in [7, 11) is 0. The first-order valence-corrected chi connectivity index (χ1v) is 7.82. The van der Waals surface area contributed by atoms with Gasteiger partial charge in [-0.3, -0.25) is 4.79 Å². The van der Waals surface area contributed by atoms with E-state index >= 15 is 0 Å². The second kappa shape index (κ2) is 5.20. The standard InChI is InChI=1S/C15H26N2O/c16-13-8-7-12(10-13)15(18)17-9-3-6-14(17)11-4-1-2-5-11/h11-14H,1-10,16H2/t12-,13-,14+/m1/s1. The molecular weight excluding hydrogens is 224 g/mol. The number of hydrogen-bond donors (Lipinski definition) is 1. The fourth-order valence-electron chi connectivity index (χ4n) is 4.37. The predicted octanol–water partition coefficient (Wildman–Crippen LogP) is 2.29. The smallest absolute Gasteiger partial charge is 0.225 e. The Hall–Kier alpha value is -0.570. The molecule has 0 unspecified atom stereocenters. The third-order valence-electron chi connectivity index (χ3n) is 5.35. The van der Waals surface area contributed by atoms with Crippen molar-refractivity contribution < 1.29 is 4.79 Å². The van der Waals surface area contributed by atoms with E-state index in [9.17, 15) is 4.79 Å². The maximum atomic E-state index is 12.6. The van der Waals surface area contributed by atoms with Crippen LogP contribution in [0, 0.1) is 11.8 Å². The molecule has 3 atom stereocenters. The van der Waals surface area contributed by atoms with Crippen LogP contribution in [0.15, 0.2) is 0 Å². The largest absolute Gasteiger partial charge is 0.339 e. The highest BCUT2D eigenvalue weighted by atomic mass is 16.2. The van der Waals surface area contributed by atoms with Crippen LogP contribution in [0.25, 0.3) is 0 Å². The van der Waals surface area contributed by atoms with E-state index in [0.717, 1.165) is 31.7 Å². The van der Waals surface area contributed by atoms with Crippen molar-refractivity contribution >= 4 is 5.91 Å². The molecule has 18 heavy (non-hydrogen) atoms. The minimum Gasteiger partial charge on any atom is -0.339 e. The zero-order chi connectivity index (χ0) is 12.5. The van der Waals surface area contributed by atoms with Crippen LogP contribution >= 0.6 is 0 Å². The molecule has 1 heterocycles. The molecule has 0 aromatic rings. The van der Waals surface area contributed by atoms with Gasteiger partial charge in [-0.1, -0.05) is 12.8 Å². The van der Waals surface area contributed by atoms with Crippen LogP contribution < -0.4 is 5.73 Å². The molecule has 0 bridgehead atoms. The van der Waals surface area contributed by atoms with Gasteiger partial charge in [0.05, 0.1) is 0 Å². The molecule has 102 valence electrons. The van der Waals surface area contributed by atoms with E-state index in [2.05, 4.69) is 4.90 Å². The maximum absolute atomic E-state index is 12.6. The summed E-state index contributed by atoms with van der Waals surface area (Å²) in [5.41, 5.74) is 5.95. The molecule has 0 aromatic heterocycles. The first-order valence-electron chi connectivity index (χ1n) is 7.82. The highest BCUT2D eigenvalue weighted by Crippen LogP contribution is 2.37. The number of likely N-dealkylation sites (tertiary alicyclic amines) is 1. The van der Waals surface area contributed by atoms with Crippen molar-refractivity contribution in [3.63, 3.8) is 0 Å². The molecule has 0 spiro atoms. The summed E-state index contributed by atoms with van der Waals surface area (Å²) in [6.07, 6.45) is 10.9. The summed E-state index contributed by atoms with van der Waals surface area (Å²) in [5, 5.41) is 0. The van der Waals surface area contributed by atoms with Crippen molar-refractivity contribution in [1.29, 1.82) is 0 Å². The molecule has 1 saturated heterocycles. The molecule has 1 amide bonds. The molecular formula is C15H26N2O. The number of rotatable bonds is 2. The van der Waals surface area contributed by atoms with Crippen LogP contribution in [-0.2, 0) is 4.79 Å². The Balaban J connectivity index is 1.64. The lowest BCUT2D eigenvalue weighted by atomic mass is 9.95. The van der Waals surface area contributed by atoms with E-state index in [4.69, 9.17) is 5.73 Å². The lowest BCUT2D eigenvalue weighted by Gasteiger charge is -2.31. The van der Waals surface area contributed by atoms with E-state index in [1.165, 1.54) is 38.5 Å². The second-order valence-electron chi connectivity index (χ2n) is 6.56. The Labute approximate surface area is 110 Å². The molecule has 1 aliphatic heterocycles. The highest BCUT2D eigenvalue weighted by molar-refractivity contribution is 5.79. The van der Waals surface area contributed by atoms with E-state index < -0.39 is 0 Å². The molecule has 3 fully saturated rings. The van der Waals surface area contributed by atoms with Crippen molar-refractivity contribution in [2.75, 3.05) is 6.54 Å². The van der Waals surface area contributed by atoms with Gasteiger partial charge in [-0.05, 0) is 50.9 Å². The Morgan fingerprint density at radius 1 is 1.00 bits per heavy atom. The van der Waals surface area contributed by atoms with Gasteiger partial charge in [0.2, 0.25) is 5.91 Å². The maximum Gasteiger partial charge on any atom is 0.225 e. The zero-order valence-electron chi connectivity index (χ0n) is 11.3. The molecule has 0 radical (unpaired) electrons. The van der Waals surface area contributed by atoms with Gasteiger partial charge in [0.25, 0.3) is 0 Å². The van der Waals surface area contributed by atoms with E-state index in [1.807, 2.05) is 0 Å². The molecule has 3 nitrogen and oxygen atoms in total. The van der Waals surface area contributed by atoms with Gasteiger partial charge in [-0.25, -0.2) is 0 Å². The van der Waals surface area contributed by atoms with Crippen LogP contribution in [0.2, 0.25) is 0 Å². The van der Waals surface area contributed by atoms with Crippen molar-refractivity contribution in [1.82, 2.24) is 4.90 Å². The van der Waals surface area contributed by atoms with Gasteiger partial charge >= 0.3 is 0 Å². The summed E-state index contributed by atoms with van der Waals surface area (Å²) >= 11 is 0. The van der Waals surface area contributed by atoms with E-state index in [-0.39, 0.29) is 12.0 Å². The first kappa shape index (κ1) is 12.5. The van der Waals surface area contributed by atoms with Crippen LogP contribution in [0.5, 0.6) is 0 Å². The number of amides is 1. The number of nitrogens with zero attached hydrogens (tertiary/aromatic N) is 1. The fraction of sp³-hybridized carbons (Fsp3) is 0.933. The SMILES string of the molecule is N[C@@H]1CC[C@@H](C(=O)N2CCC[C@H]2C2CCCC2)C1. The van der Waals surface area contributed by atoms with Crippen molar-refractivity contribution in [3.05, 3.63) is 0 Å². The monoisotopic (exact) mass is 250 g/mol. The van der Waals surface area contributed by atoms with Crippen LogP contribution in [0.3, 0.4) is 0 Å². The van der Waals surface area contributed by atoms with Gasteiger partial charge < -0.3 is 10.6 Å². The summed E-state index contributed by atoms with van der Waals surface area (Å²) in [6.45, 7) is 1.01. The number of carbonyl (C=O) groups excluding carboxylic acids is 1. The average molecular weight is 250 g/mol. The Kier molecular flexibility index (Phi) is 3.60. The van der Waals surface area contributed by atoms with Gasteiger partial charge in [0.15, 0.2) is 0 Å². The van der Waals surface area contributed by atoms with Gasteiger partial charge in [-0.15, -0.1) is 0 Å². The number of nitrogens with two attached hydrogens (primary N) is 1. The molecule has 2 aliphatic carbocycles. The first-order chi connectivity index (χ1) is 8.75. The third-order valence-corrected chi connectivity index (χ3v) is 5.35. The normalized spacial score (nSPS) is 37.6. The second-order valence-corrected chi connectivity index (χ2v) is 6.56. The topological polar surface area (TPSA) is 46.3 Å². The Morgan fingerprint density at radius 2 is 1.78 bits per heavy atom. The lowest BCUT2D eigenvalue weighted by Crippen LogP contribution is -2.42. The van der Waals surface area contributed by atoms with Gasteiger partial charge in [0.1, 0.15) is 0 Å². The Bertz CT molecular complexity index is 312. The quantitative estimate of drug-likeness (QED) is 0.817. The van der Waals surface area contributed by atoms with Crippen LogP contribution in [0.1, 0.15) is 57.8 Å². The third kappa shape index (κ3) is 2.29. The summed E-state index contributed by atoms with van der Waals surface area (Å²) in [6, 6.07) is 0.836. The minimum absolute atomic E-state index is 0.238. The van der Waals surface area contributed by atoms with Crippen LogP contribution in [0.4, 0.5) is 0 Å². The van der Waals surface area contributed by atoms with Crippen molar-refractivity contribution in [2.45, 2.75) is 69.9 Å². The summed E-state index contributed by atoms with van der Waals surface area (Å²) in [5.74, 6) is 1.46. The lowest BCUT2D eigenvalue weighted by molar-refractivity contribution is -0.137. The number of hydrogen-bond acceptors (Lipinski definition) is 2. The fourth-order valence-corrected chi connectivity index (χ4v) is 4.37. The van der Waals surface area contributed by atoms with Crippen molar-refractivity contribution in [3.8, 4) is 0 Å². The molecule has 0 aromatic carbocycles. The zero-order valence-corrected chi connectivity index (χ0v) is 11.3. The predicted molar refractivity (Wildman–Crippen MR) is 72.0 cm³/mol. The van der Waals surface area contributed by atoms with Crippen LogP contribution in [-0.4, -0.2) is 29.4 Å². The van der Waals surface area contributed by atoms with E-state index in [0.29, 0.717) is 11.9 Å². The number of carbonyl (C=O) groups is 1. The van der Waals surface area contributed by atoms with Gasteiger partial charge in [-0.2, -0.15) is 0 Å². The van der Waals surface area contributed by atoms with Gasteiger partial charge in [0, 0.05) is 24.5 Å². The molecule has 3 aliphatic rings.